The number of aromatic amines is 1. The summed E-state index contributed by atoms with van der Waals surface area (Å²) in [6.45, 7) is 6.47. The van der Waals surface area contributed by atoms with Crippen molar-refractivity contribution in [2.45, 2.75) is 61.2 Å². The van der Waals surface area contributed by atoms with E-state index in [1.54, 1.807) is 53.4 Å². The second kappa shape index (κ2) is 23.6. The van der Waals surface area contributed by atoms with Crippen molar-refractivity contribution >= 4 is 56.1 Å². The molecule has 17 nitrogen and oxygen atoms in total. The number of H-pyrrole nitrogens is 1. The van der Waals surface area contributed by atoms with Crippen LogP contribution >= 0.6 is 34.7 Å². The van der Waals surface area contributed by atoms with Crippen LogP contribution in [-0.4, -0.2) is 84.0 Å². The molecule has 16 N–H and O–H groups in total. The quantitative estimate of drug-likeness (QED) is 0.162. The Morgan fingerprint density at radius 2 is 1.66 bits per heavy atom. The first kappa shape index (κ1) is 53.3. The van der Waals surface area contributed by atoms with Gasteiger partial charge in [-0.25, -0.2) is 13.4 Å². The summed E-state index contributed by atoms with van der Waals surface area (Å²) in [7, 11) is -3.47. The lowest BCUT2D eigenvalue weighted by Gasteiger charge is -2.14. The number of aromatic nitrogens is 5. The van der Waals surface area contributed by atoms with Crippen LogP contribution in [0.5, 0.6) is 5.75 Å². The molecule has 1 amide bonds. The van der Waals surface area contributed by atoms with E-state index < -0.39 is 9.84 Å². The molecule has 0 bridgehead atoms. The molecule has 0 radical (unpaired) electrons. The number of carbonyl (C=O) groups excluding carboxylic acids is 1. The fourth-order valence-corrected chi connectivity index (χ4v) is 7.79. The minimum absolute atomic E-state index is 0. The number of anilines is 1. The smallest absolute Gasteiger partial charge is 0.255 e. The SMILES string of the molecule is CC(C)(C)c1csc(CSc2cccc(C(=O)Nc3cc(CCCS(=O)(=O)c4ccc(Cl)cc4)ccc3OCc3nn[nH]n3)c2)n1.O.O.O.O.O.O.O. The topological polar surface area (TPSA) is 360 Å². The van der Waals surface area contributed by atoms with Crippen LogP contribution in [0.4, 0.5) is 5.69 Å². The lowest BCUT2D eigenvalue weighted by atomic mass is 9.93. The van der Waals surface area contributed by atoms with Gasteiger partial charge in [0, 0.05) is 26.3 Å². The number of tetrazole rings is 1. The van der Waals surface area contributed by atoms with Crippen LogP contribution in [0.15, 0.2) is 81.9 Å². The highest BCUT2D eigenvalue weighted by Gasteiger charge is 2.18. The van der Waals surface area contributed by atoms with E-state index in [-0.39, 0.29) is 66.9 Å². The molecule has 2 heterocycles. The molecule has 5 rings (SSSR count). The van der Waals surface area contributed by atoms with Gasteiger partial charge in [-0.3, -0.25) is 4.79 Å². The summed E-state index contributed by atoms with van der Waals surface area (Å²) in [4.78, 5) is 19.4. The number of carbonyl (C=O) groups is 1. The van der Waals surface area contributed by atoms with Crippen LogP contribution in [0.2, 0.25) is 5.02 Å². The molecule has 296 valence electrons. The summed E-state index contributed by atoms with van der Waals surface area (Å²) in [5, 5.41) is 20.3. The van der Waals surface area contributed by atoms with Crippen LogP contribution in [-0.2, 0) is 34.0 Å². The largest absolute Gasteiger partial charge is 0.483 e. The van der Waals surface area contributed by atoms with E-state index in [0.717, 1.165) is 21.2 Å². The second-order valence-electron chi connectivity index (χ2n) is 11.5. The first-order valence-electron chi connectivity index (χ1n) is 14.4. The summed E-state index contributed by atoms with van der Waals surface area (Å²) >= 11 is 9.17. The van der Waals surface area contributed by atoms with Gasteiger partial charge in [0.1, 0.15) is 10.8 Å². The molecule has 2 aromatic heterocycles. The number of halogens is 1. The third-order valence-corrected chi connectivity index (χ3v) is 11.0. The van der Waals surface area contributed by atoms with Crippen LogP contribution in [0, 0.1) is 0 Å². The van der Waals surface area contributed by atoms with Gasteiger partial charge in [-0.15, -0.1) is 33.3 Å². The fourth-order valence-electron chi connectivity index (χ4n) is 4.36. The summed E-state index contributed by atoms with van der Waals surface area (Å²) in [5.41, 5.74) is 2.85. The second-order valence-corrected chi connectivity index (χ2v) is 16.0. The first-order valence-corrected chi connectivity index (χ1v) is 18.3. The van der Waals surface area contributed by atoms with Gasteiger partial charge in [0.05, 0.1) is 27.8 Å². The molecule has 5 aromatic rings. The molecule has 0 atom stereocenters. The van der Waals surface area contributed by atoms with E-state index in [0.29, 0.717) is 46.4 Å². The number of rotatable bonds is 13. The van der Waals surface area contributed by atoms with E-state index in [2.05, 4.69) is 52.1 Å². The lowest BCUT2D eigenvalue weighted by molar-refractivity contribution is 0.102. The van der Waals surface area contributed by atoms with Crippen LogP contribution < -0.4 is 10.1 Å². The van der Waals surface area contributed by atoms with E-state index in [1.165, 1.54) is 12.1 Å². The van der Waals surface area contributed by atoms with E-state index >= 15 is 0 Å². The van der Waals surface area contributed by atoms with Gasteiger partial charge >= 0.3 is 0 Å². The standard InChI is InChI=1S/C32H33ClN6O4S3.7H2O/c1-32(2,3)28-19-45-30(35-28)20-44-24-8-4-7-22(17-24)31(40)34-26-16-21(9-14-27(26)43-18-29-36-38-39-37-29)6-5-15-46(41,42)25-12-10-23(33)11-13-25;;;;;;;/h4,7-14,16-17,19H,5-6,15,18,20H2,1-3H3,(H,34,40)(H,36,37,38,39);7*1H2. The van der Waals surface area contributed by atoms with Crippen molar-refractivity contribution < 1.29 is 56.3 Å². The lowest BCUT2D eigenvalue weighted by Crippen LogP contribution is -2.14. The Morgan fingerprint density at radius 3 is 2.28 bits per heavy atom. The van der Waals surface area contributed by atoms with Crippen molar-refractivity contribution in [3.05, 3.63) is 105 Å². The number of aryl methyl sites for hydroxylation is 1. The number of thioether (sulfide) groups is 1. The maximum atomic E-state index is 13.5. The van der Waals surface area contributed by atoms with E-state index in [1.807, 2.05) is 24.3 Å². The Balaban J connectivity index is -0.00000357. The number of hydrogen-bond donors (Lipinski definition) is 2. The molecule has 21 heteroatoms. The summed E-state index contributed by atoms with van der Waals surface area (Å²) in [6, 6.07) is 19.0. The molecule has 0 aliphatic heterocycles. The summed E-state index contributed by atoms with van der Waals surface area (Å²) < 4.78 is 31.5. The summed E-state index contributed by atoms with van der Waals surface area (Å²) in [6.07, 6.45) is 0.859. The highest BCUT2D eigenvalue weighted by molar-refractivity contribution is 7.98. The zero-order valence-electron chi connectivity index (χ0n) is 29.0. The van der Waals surface area contributed by atoms with E-state index in [9.17, 15) is 13.2 Å². The third kappa shape index (κ3) is 15.1. The highest BCUT2D eigenvalue weighted by atomic mass is 35.5. The molecule has 0 aliphatic carbocycles. The summed E-state index contributed by atoms with van der Waals surface area (Å²) in [5.74, 6) is 1.14. The number of nitrogens with zero attached hydrogens (tertiary/aromatic N) is 4. The molecule has 53 heavy (non-hydrogen) atoms. The molecule has 3 aromatic carbocycles. The molecular formula is C32H47ClN6O11S3. The number of amides is 1. The van der Waals surface area contributed by atoms with Gasteiger partial charge in [-0.1, -0.05) is 49.7 Å². The maximum Gasteiger partial charge on any atom is 0.255 e. The molecule has 0 fully saturated rings. The Hall–Kier alpha value is -4.06. The van der Waals surface area contributed by atoms with Crippen LogP contribution in [0.3, 0.4) is 0 Å². The van der Waals surface area contributed by atoms with Crippen molar-refractivity contribution in [2.24, 2.45) is 0 Å². The fraction of sp³-hybridized carbons (Fsp3) is 0.281. The van der Waals surface area contributed by atoms with E-state index in [4.69, 9.17) is 21.3 Å². The normalized spacial score (nSPS) is 10.3. The third-order valence-electron chi connectivity index (χ3n) is 6.87. The number of sulfone groups is 1. The predicted octanol–water partition coefficient (Wildman–Crippen LogP) is 1.36. The molecule has 0 aliphatic rings. The average molecular weight is 823 g/mol. The van der Waals surface area contributed by atoms with Crippen molar-refractivity contribution in [3.63, 3.8) is 0 Å². The number of ether oxygens (including phenoxy) is 1. The maximum absolute atomic E-state index is 13.5. The number of nitrogens with one attached hydrogen (secondary N) is 2. The van der Waals surface area contributed by atoms with Gasteiger partial charge in [-0.05, 0) is 73.0 Å². The number of hydrogen-bond acceptors (Lipinski definition) is 10. The molecule has 0 spiro atoms. The Kier molecular flexibility index (Phi) is 23.7. The molecular weight excluding hydrogens is 776 g/mol. The minimum atomic E-state index is -3.47. The van der Waals surface area contributed by atoms with Crippen LogP contribution in [0.25, 0.3) is 0 Å². The molecule has 0 unspecified atom stereocenters. The Labute approximate surface area is 319 Å². The number of thiazole rings is 1. The van der Waals surface area contributed by atoms with Gasteiger partial charge in [0.2, 0.25) is 5.82 Å². The Morgan fingerprint density at radius 1 is 0.962 bits per heavy atom. The van der Waals surface area contributed by atoms with Crippen LogP contribution in [0.1, 0.15) is 59.6 Å². The van der Waals surface area contributed by atoms with Crippen molar-refractivity contribution in [1.82, 2.24) is 25.6 Å². The van der Waals surface area contributed by atoms with Gasteiger partial charge in [0.15, 0.2) is 16.4 Å². The minimum Gasteiger partial charge on any atom is -0.483 e. The molecule has 0 saturated carbocycles. The van der Waals surface area contributed by atoms with Gasteiger partial charge in [-0.2, -0.15) is 5.21 Å². The molecule has 0 saturated heterocycles. The zero-order chi connectivity index (χ0) is 32.7. The average Bonchev–Trinajstić information content (AvgIpc) is 3.73. The first-order chi connectivity index (χ1) is 22.0. The van der Waals surface area contributed by atoms with Gasteiger partial charge in [0.25, 0.3) is 5.91 Å². The van der Waals surface area contributed by atoms with Crippen molar-refractivity contribution in [2.75, 3.05) is 11.1 Å². The monoisotopic (exact) mass is 822 g/mol. The predicted molar refractivity (Wildman–Crippen MR) is 207 cm³/mol. The highest BCUT2D eigenvalue weighted by Crippen LogP contribution is 2.31. The van der Waals surface area contributed by atoms with Crippen molar-refractivity contribution in [1.29, 1.82) is 0 Å². The number of benzene rings is 3. The Bertz CT molecular complexity index is 1910. The van der Waals surface area contributed by atoms with Crippen molar-refractivity contribution in [3.8, 4) is 5.75 Å². The van der Waals surface area contributed by atoms with Gasteiger partial charge < -0.3 is 48.4 Å². The zero-order valence-corrected chi connectivity index (χ0v) is 32.2.